The van der Waals surface area contributed by atoms with Gasteiger partial charge in [0.15, 0.2) is 9.84 Å². The number of aromatic nitrogens is 1. The van der Waals surface area contributed by atoms with Crippen molar-refractivity contribution in [3.63, 3.8) is 0 Å². The maximum Gasteiger partial charge on any atom is 0.326 e. The first-order valence-corrected chi connectivity index (χ1v) is 13.4. The molecule has 2 aromatic carbocycles. The average Bonchev–Trinajstić information content (AvgIpc) is 3.14. The second kappa shape index (κ2) is 10.0. The number of fused-ring (bicyclic) bond motifs is 1. The number of benzene rings is 2. The minimum atomic E-state index is -3.63. The number of carbonyl (C=O) groups is 3. The third kappa shape index (κ3) is 5.45. The molecule has 1 aliphatic heterocycles. The monoisotopic (exact) mass is 549 g/mol. The number of carboxylic acids is 1. The van der Waals surface area contributed by atoms with E-state index in [0.717, 1.165) is 17.2 Å². The van der Waals surface area contributed by atoms with Crippen LogP contribution in [0.25, 0.3) is 22.2 Å². The second-order valence-electron chi connectivity index (χ2n) is 8.47. The lowest BCUT2D eigenvalue weighted by Crippen LogP contribution is -2.52. The molecule has 9 nitrogen and oxygen atoms in total. The van der Waals surface area contributed by atoms with Crippen molar-refractivity contribution in [2.45, 2.75) is 25.4 Å². The Morgan fingerprint density at radius 1 is 1.14 bits per heavy atom. The summed E-state index contributed by atoms with van der Waals surface area (Å²) in [6.07, 6.45) is -0.0609. The van der Waals surface area contributed by atoms with E-state index in [4.69, 9.17) is 23.2 Å². The summed E-state index contributed by atoms with van der Waals surface area (Å²) in [6.45, 7) is 1.16. The number of hydrogen-bond acceptors (Lipinski definition) is 6. The van der Waals surface area contributed by atoms with E-state index in [1.165, 1.54) is 0 Å². The van der Waals surface area contributed by atoms with Gasteiger partial charge in [-0.2, -0.15) is 0 Å². The number of rotatable bonds is 6. The lowest BCUT2D eigenvalue weighted by molar-refractivity contribution is -0.143. The summed E-state index contributed by atoms with van der Waals surface area (Å²) in [5.74, 6) is -3.83. The molecule has 2 amide bonds. The summed E-state index contributed by atoms with van der Waals surface area (Å²) in [6, 6.07) is 11.3. The molecule has 3 aromatic rings. The molecule has 0 saturated carbocycles. The SMILES string of the molecule is CC(=O)N1CS(=O)(=O)C[C@H]1C(=O)NC(Cc1ccc2nc(-c3c(Cl)cccc3Cl)ccc2c1)C(=O)O. The number of pyridine rings is 1. The van der Waals surface area contributed by atoms with Gasteiger partial charge in [-0.3, -0.25) is 9.59 Å². The Kier molecular flexibility index (Phi) is 7.21. The summed E-state index contributed by atoms with van der Waals surface area (Å²) < 4.78 is 23.9. The molecule has 2 heterocycles. The third-order valence-corrected chi connectivity index (χ3v) is 7.98. The first-order valence-electron chi connectivity index (χ1n) is 10.8. The number of sulfone groups is 1. The van der Waals surface area contributed by atoms with Crippen molar-refractivity contribution in [1.82, 2.24) is 15.2 Å². The Balaban J connectivity index is 1.55. The van der Waals surface area contributed by atoms with Gasteiger partial charge in [0, 0.05) is 24.3 Å². The van der Waals surface area contributed by atoms with E-state index in [1.807, 2.05) is 6.07 Å². The van der Waals surface area contributed by atoms with Crippen molar-refractivity contribution in [2.24, 2.45) is 0 Å². The molecule has 1 fully saturated rings. The third-order valence-electron chi connectivity index (χ3n) is 5.86. The molecular formula is C24H21Cl2N3O6S. The maximum absolute atomic E-state index is 12.7. The summed E-state index contributed by atoms with van der Waals surface area (Å²) in [5, 5.41) is 13.7. The maximum atomic E-state index is 12.7. The van der Waals surface area contributed by atoms with Crippen LogP contribution < -0.4 is 5.32 Å². The number of amides is 2. The van der Waals surface area contributed by atoms with Gasteiger partial charge in [-0.1, -0.05) is 41.4 Å². The molecule has 1 aromatic heterocycles. The fourth-order valence-electron chi connectivity index (χ4n) is 4.10. The first kappa shape index (κ1) is 25.9. The normalized spacial score (nSPS) is 17.6. The molecular weight excluding hydrogens is 529 g/mol. The standard InChI is InChI=1S/C24H21Cl2N3O6S/c1-13(30)29-12-36(34,35)11-21(29)23(31)28-20(24(32)33)10-14-5-7-18-15(9-14)6-8-19(27-18)22-16(25)3-2-4-17(22)26/h2-9,20-21H,10-12H2,1H3,(H,28,31)(H,32,33)/t20?,21-/m0/s1. The van der Waals surface area contributed by atoms with Crippen LogP contribution in [0.2, 0.25) is 10.0 Å². The lowest BCUT2D eigenvalue weighted by atomic mass is 10.0. The van der Waals surface area contributed by atoms with Gasteiger partial charge in [0.25, 0.3) is 0 Å². The number of nitrogens with one attached hydrogen (secondary N) is 1. The van der Waals surface area contributed by atoms with Gasteiger partial charge in [0.1, 0.15) is 18.0 Å². The minimum absolute atomic E-state index is 0.0609. The lowest BCUT2D eigenvalue weighted by Gasteiger charge is -2.23. The highest BCUT2D eigenvalue weighted by molar-refractivity contribution is 7.91. The Morgan fingerprint density at radius 3 is 2.47 bits per heavy atom. The quantitative estimate of drug-likeness (QED) is 0.482. The van der Waals surface area contributed by atoms with Gasteiger partial charge in [0.05, 0.1) is 27.0 Å². The second-order valence-corrected chi connectivity index (χ2v) is 11.4. The molecule has 36 heavy (non-hydrogen) atoms. The van der Waals surface area contributed by atoms with Gasteiger partial charge in [-0.05, 0) is 35.9 Å². The van der Waals surface area contributed by atoms with E-state index in [1.54, 1.807) is 42.5 Å². The fraction of sp³-hybridized carbons (Fsp3) is 0.250. The van der Waals surface area contributed by atoms with E-state index >= 15 is 0 Å². The van der Waals surface area contributed by atoms with E-state index in [-0.39, 0.29) is 6.42 Å². The molecule has 4 rings (SSSR count). The number of halogens is 2. The summed E-state index contributed by atoms with van der Waals surface area (Å²) in [7, 11) is -3.63. The highest BCUT2D eigenvalue weighted by atomic mass is 35.5. The Labute approximate surface area is 216 Å². The Morgan fingerprint density at radius 2 is 1.83 bits per heavy atom. The summed E-state index contributed by atoms with van der Waals surface area (Å²) in [4.78, 5) is 41.9. The van der Waals surface area contributed by atoms with Gasteiger partial charge < -0.3 is 15.3 Å². The highest BCUT2D eigenvalue weighted by Gasteiger charge is 2.42. The van der Waals surface area contributed by atoms with Crippen LogP contribution in [0.3, 0.4) is 0 Å². The van der Waals surface area contributed by atoms with Crippen LogP contribution in [0.15, 0.2) is 48.5 Å². The average molecular weight is 550 g/mol. The number of aliphatic carboxylic acids is 1. The molecule has 1 saturated heterocycles. The fourth-order valence-corrected chi connectivity index (χ4v) is 6.39. The molecule has 0 aliphatic carbocycles. The van der Waals surface area contributed by atoms with Crippen molar-refractivity contribution in [3.8, 4) is 11.3 Å². The predicted molar refractivity (Wildman–Crippen MR) is 135 cm³/mol. The van der Waals surface area contributed by atoms with Crippen LogP contribution in [0.1, 0.15) is 12.5 Å². The first-order chi connectivity index (χ1) is 16.9. The van der Waals surface area contributed by atoms with Gasteiger partial charge in [0.2, 0.25) is 11.8 Å². The van der Waals surface area contributed by atoms with Crippen molar-refractivity contribution < 1.29 is 27.9 Å². The smallest absolute Gasteiger partial charge is 0.326 e. The predicted octanol–water partition coefficient (Wildman–Crippen LogP) is 2.92. The van der Waals surface area contributed by atoms with Crippen LogP contribution in [-0.2, 0) is 30.6 Å². The minimum Gasteiger partial charge on any atom is -0.480 e. The number of carbonyl (C=O) groups excluding carboxylic acids is 2. The van der Waals surface area contributed by atoms with Crippen molar-refractivity contribution in [3.05, 3.63) is 64.1 Å². The Hall–Kier alpha value is -3.21. The van der Waals surface area contributed by atoms with Gasteiger partial charge in [-0.15, -0.1) is 0 Å². The van der Waals surface area contributed by atoms with E-state index in [9.17, 15) is 27.9 Å². The topological polar surface area (TPSA) is 134 Å². The molecule has 0 bridgehead atoms. The van der Waals surface area contributed by atoms with Crippen LogP contribution in [0.5, 0.6) is 0 Å². The highest BCUT2D eigenvalue weighted by Crippen LogP contribution is 2.34. The van der Waals surface area contributed by atoms with Crippen molar-refractivity contribution in [1.29, 1.82) is 0 Å². The molecule has 0 radical (unpaired) electrons. The number of nitrogens with zero attached hydrogens (tertiary/aromatic N) is 2. The molecule has 2 N–H and O–H groups in total. The van der Waals surface area contributed by atoms with Crippen LogP contribution in [0.4, 0.5) is 0 Å². The Bertz CT molecular complexity index is 1470. The molecule has 2 atom stereocenters. The van der Waals surface area contributed by atoms with Crippen LogP contribution in [-0.4, -0.2) is 64.9 Å². The summed E-state index contributed by atoms with van der Waals surface area (Å²) >= 11 is 12.6. The van der Waals surface area contributed by atoms with Crippen LogP contribution >= 0.6 is 23.2 Å². The van der Waals surface area contributed by atoms with Crippen molar-refractivity contribution >= 4 is 61.7 Å². The van der Waals surface area contributed by atoms with E-state index < -0.39 is 51.3 Å². The number of hydrogen-bond donors (Lipinski definition) is 2. The van der Waals surface area contributed by atoms with Gasteiger partial charge >= 0.3 is 5.97 Å². The largest absolute Gasteiger partial charge is 0.480 e. The zero-order valence-electron chi connectivity index (χ0n) is 18.9. The number of carboxylic acid groups (broad SMARTS) is 1. The molecule has 188 valence electrons. The van der Waals surface area contributed by atoms with Crippen molar-refractivity contribution in [2.75, 3.05) is 11.6 Å². The van der Waals surface area contributed by atoms with E-state index in [0.29, 0.717) is 32.4 Å². The zero-order valence-corrected chi connectivity index (χ0v) is 21.3. The molecule has 1 unspecified atom stereocenters. The zero-order chi connectivity index (χ0) is 26.2. The molecule has 1 aliphatic rings. The molecule has 0 spiro atoms. The van der Waals surface area contributed by atoms with Gasteiger partial charge in [-0.25, -0.2) is 18.2 Å². The molecule has 12 heteroatoms. The van der Waals surface area contributed by atoms with Crippen LogP contribution in [0, 0.1) is 0 Å². The van der Waals surface area contributed by atoms with E-state index in [2.05, 4.69) is 10.3 Å². The summed E-state index contributed by atoms with van der Waals surface area (Å²) in [5.41, 5.74) is 2.44.